The van der Waals surface area contributed by atoms with Crippen LogP contribution in [0.25, 0.3) is 0 Å². The number of anilines is 1. The van der Waals surface area contributed by atoms with E-state index in [0.717, 1.165) is 42.8 Å². The molecule has 0 radical (unpaired) electrons. The molecule has 2 aliphatic rings. The van der Waals surface area contributed by atoms with Gasteiger partial charge < -0.3 is 15.0 Å². The summed E-state index contributed by atoms with van der Waals surface area (Å²) >= 11 is 12.8. The van der Waals surface area contributed by atoms with Crippen LogP contribution < -0.4 is 15.0 Å². The number of para-hydroxylation sites is 1. The highest BCUT2D eigenvalue weighted by molar-refractivity contribution is 6.44. The van der Waals surface area contributed by atoms with Crippen LogP contribution in [0.2, 0.25) is 10.0 Å². The first-order chi connectivity index (χ1) is 11.7. The summed E-state index contributed by atoms with van der Waals surface area (Å²) in [7, 11) is 0. The van der Waals surface area contributed by atoms with Gasteiger partial charge >= 0.3 is 0 Å². The van der Waals surface area contributed by atoms with Crippen LogP contribution in [0.15, 0.2) is 36.4 Å². The molecule has 4 nitrogen and oxygen atoms in total. The zero-order valence-corrected chi connectivity index (χ0v) is 14.3. The molecule has 2 atom stereocenters. The van der Waals surface area contributed by atoms with Gasteiger partial charge in [0.25, 0.3) is 0 Å². The number of hydrogen-bond acceptors (Lipinski definition) is 3. The maximum absolute atomic E-state index is 11.1. The van der Waals surface area contributed by atoms with Crippen molar-refractivity contribution in [2.45, 2.75) is 24.9 Å². The molecule has 0 saturated carbocycles. The lowest BCUT2D eigenvalue weighted by atomic mass is 9.89. The largest absolute Gasteiger partial charge is 0.455 e. The molecule has 0 aromatic heterocycles. The van der Waals surface area contributed by atoms with Crippen molar-refractivity contribution in [2.24, 2.45) is 0 Å². The van der Waals surface area contributed by atoms with Gasteiger partial charge in [-0.3, -0.25) is 4.79 Å². The first-order valence-corrected chi connectivity index (χ1v) is 8.67. The quantitative estimate of drug-likeness (QED) is 0.796. The number of nitrogens with one attached hydrogen (secondary N) is 1. The van der Waals surface area contributed by atoms with Gasteiger partial charge in [-0.15, -0.1) is 0 Å². The van der Waals surface area contributed by atoms with Gasteiger partial charge in [0.05, 0.1) is 22.1 Å². The number of ether oxygens (including phenoxy) is 1. The minimum Gasteiger partial charge on any atom is -0.455 e. The molecular weight excluding hydrogens is 347 g/mol. The molecule has 24 heavy (non-hydrogen) atoms. The van der Waals surface area contributed by atoms with Gasteiger partial charge in [-0.2, -0.15) is 0 Å². The van der Waals surface area contributed by atoms with Crippen molar-refractivity contribution in [2.75, 3.05) is 11.4 Å². The van der Waals surface area contributed by atoms with Crippen molar-refractivity contribution in [3.05, 3.63) is 52.0 Å². The molecule has 1 N–H and O–H groups in total. The Bertz CT molecular complexity index is 797. The van der Waals surface area contributed by atoms with Crippen LogP contribution >= 0.6 is 23.2 Å². The van der Waals surface area contributed by atoms with E-state index in [2.05, 4.69) is 10.2 Å². The lowest BCUT2D eigenvalue weighted by Gasteiger charge is -2.42. The average molecular weight is 363 g/mol. The number of nitrogens with zero attached hydrogens (tertiary/aromatic N) is 1. The number of carbonyl (C=O) groups is 1. The second-order valence-electron chi connectivity index (χ2n) is 6.02. The number of hydrogen-bond donors (Lipinski definition) is 1. The van der Waals surface area contributed by atoms with Gasteiger partial charge in [0.1, 0.15) is 11.4 Å². The van der Waals surface area contributed by atoms with Crippen LogP contribution in [-0.2, 0) is 4.79 Å². The second-order valence-corrected chi connectivity index (χ2v) is 6.80. The van der Waals surface area contributed by atoms with E-state index in [1.165, 1.54) is 0 Å². The van der Waals surface area contributed by atoms with E-state index in [1.54, 1.807) is 6.07 Å². The highest BCUT2D eigenvalue weighted by Crippen LogP contribution is 2.51. The zero-order chi connectivity index (χ0) is 16.7. The molecule has 0 spiro atoms. The van der Waals surface area contributed by atoms with Gasteiger partial charge in [0.2, 0.25) is 6.41 Å². The molecule has 2 heterocycles. The van der Waals surface area contributed by atoms with Gasteiger partial charge in [0, 0.05) is 12.1 Å². The zero-order valence-electron chi connectivity index (χ0n) is 12.8. The molecule has 0 aliphatic carbocycles. The highest BCUT2D eigenvalue weighted by Gasteiger charge is 2.39. The topological polar surface area (TPSA) is 41.6 Å². The Morgan fingerprint density at radius 3 is 2.83 bits per heavy atom. The van der Waals surface area contributed by atoms with Gasteiger partial charge in [-0.1, -0.05) is 41.4 Å². The Balaban J connectivity index is 1.95. The van der Waals surface area contributed by atoms with Gasteiger partial charge in [-0.05, 0) is 31.0 Å². The molecule has 4 rings (SSSR count). The van der Waals surface area contributed by atoms with Crippen LogP contribution in [0.3, 0.4) is 0 Å². The monoisotopic (exact) mass is 362 g/mol. The van der Waals surface area contributed by atoms with Crippen LogP contribution in [0.4, 0.5) is 5.69 Å². The van der Waals surface area contributed by atoms with E-state index in [-0.39, 0.29) is 12.1 Å². The van der Waals surface area contributed by atoms with Gasteiger partial charge in [0.15, 0.2) is 5.75 Å². The van der Waals surface area contributed by atoms with E-state index in [0.29, 0.717) is 15.8 Å². The number of amides is 1. The fourth-order valence-corrected chi connectivity index (χ4v) is 4.12. The standard InChI is InChI=1S/C18H16Cl2N2O2/c19-12-7-8-15-18(16(12)20)22-9-3-5-13(21-10-23)17(22)11-4-1-2-6-14(11)24-15/h1-2,4,6-8,10,13,17H,3,5,9H2,(H,21,23)/t13-,17-/m0/s1. The summed E-state index contributed by atoms with van der Waals surface area (Å²) in [6.07, 6.45) is 2.62. The third kappa shape index (κ3) is 2.41. The van der Waals surface area contributed by atoms with E-state index in [4.69, 9.17) is 27.9 Å². The van der Waals surface area contributed by atoms with Crippen molar-refractivity contribution in [3.63, 3.8) is 0 Å². The fraction of sp³-hybridized carbons (Fsp3) is 0.278. The molecule has 1 saturated heterocycles. The molecule has 1 fully saturated rings. The molecule has 0 unspecified atom stereocenters. The number of rotatable bonds is 2. The van der Waals surface area contributed by atoms with Crippen molar-refractivity contribution in [3.8, 4) is 11.5 Å². The molecular formula is C18H16Cl2N2O2. The molecule has 0 bridgehead atoms. The van der Waals surface area contributed by atoms with Crippen LogP contribution in [-0.4, -0.2) is 19.0 Å². The number of benzene rings is 2. The van der Waals surface area contributed by atoms with Crippen molar-refractivity contribution in [1.29, 1.82) is 0 Å². The van der Waals surface area contributed by atoms with E-state index in [9.17, 15) is 4.79 Å². The third-order valence-electron chi connectivity index (χ3n) is 4.69. The predicted molar refractivity (Wildman–Crippen MR) is 95.3 cm³/mol. The lowest BCUT2D eigenvalue weighted by molar-refractivity contribution is -0.110. The predicted octanol–water partition coefficient (Wildman–Crippen LogP) is 4.56. The normalized spacial score (nSPS) is 21.7. The van der Waals surface area contributed by atoms with Gasteiger partial charge in [-0.25, -0.2) is 0 Å². The summed E-state index contributed by atoms with van der Waals surface area (Å²) in [6.45, 7) is 0.826. The Hall–Kier alpha value is -1.91. The van der Waals surface area contributed by atoms with Crippen LogP contribution in [0, 0.1) is 0 Å². The van der Waals surface area contributed by atoms with Crippen molar-refractivity contribution >= 4 is 35.3 Å². The smallest absolute Gasteiger partial charge is 0.207 e. The highest BCUT2D eigenvalue weighted by atomic mass is 35.5. The summed E-state index contributed by atoms with van der Waals surface area (Å²) in [5, 5.41) is 3.94. The minimum atomic E-state index is -0.0441. The van der Waals surface area contributed by atoms with E-state index >= 15 is 0 Å². The summed E-state index contributed by atoms with van der Waals surface area (Å²) < 4.78 is 6.16. The molecule has 1 amide bonds. The molecule has 124 valence electrons. The summed E-state index contributed by atoms with van der Waals surface area (Å²) in [5.41, 5.74) is 1.84. The number of carbonyl (C=O) groups excluding carboxylic acids is 1. The summed E-state index contributed by atoms with van der Waals surface area (Å²) in [4.78, 5) is 13.3. The van der Waals surface area contributed by atoms with Crippen LogP contribution in [0.1, 0.15) is 24.4 Å². The number of fused-ring (bicyclic) bond motifs is 5. The Labute approximate surface area is 150 Å². The summed E-state index contributed by atoms with van der Waals surface area (Å²) in [5.74, 6) is 1.47. The van der Waals surface area contributed by atoms with E-state index < -0.39 is 0 Å². The van der Waals surface area contributed by atoms with Crippen LogP contribution in [0.5, 0.6) is 11.5 Å². The molecule has 2 aromatic rings. The Morgan fingerprint density at radius 2 is 2.00 bits per heavy atom. The number of halogens is 2. The molecule has 2 aromatic carbocycles. The maximum atomic E-state index is 11.1. The summed E-state index contributed by atoms with van der Waals surface area (Å²) in [6, 6.07) is 11.4. The molecule has 2 aliphatic heterocycles. The van der Waals surface area contributed by atoms with Crippen molar-refractivity contribution < 1.29 is 9.53 Å². The first kappa shape index (κ1) is 15.6. The Kier molecular flexibility index (Phi) is 4.02. The molecule has 6 heteroatoms. The van der Waals surface area contributed by atoms with E-state index in [1.807, 2.05) is 30.3 Å². The SMILES string of the molecule is O=CN[C@H]1CCCN2c3c(ccc(Cl)c3Cl)Oc3ccccc3[C@@H]12. The maximum Gasteiger partial charge on any atom is 0.207 e. The third-order valence-corrected chi connectivity index (χ3v) is 5.48. The van der Waals surface area contributed by atoms with Crippen molar-refractivity contribution in [1.82, 2.24) is 5.32 Å². The first-order valence-electron chi connectivity index (χ1n) is 7.92. The lowest BCUT2D eigenvalue weighted by Crippen LogP contribution is -2.48. The average Bonchev–Trinajstić information content (AvgIpc) is 2.74. The second kappa shape index (κ2) is 6.19. The Morgan fingerprint density at radius 1 is 1.17 bits per heavy atom. The minimum absolute atomic E-state index is 0.0120. The fourth-order valence-electron chi connectivity index (χ4n) is 3.70. The number of piperidine rings is 1.